The molecule has 1 aromatic carbocycles. The molecule has 1 atom stereocenters. The van der Waals surface area contributed by atoms with E-state index in [-0.39, 0.29) is 13.2 Å². The van der Waals surface area contributed by atoms with E-state index in [9.17, 15) is 13.2 Å². The highest BCUT2D eigenvalue weighted by Gasteiger charge is 2.36. The zero-order valence-electron chi connectivity index (χ0n) is 9.13. The van der Waals surface area contributed by atoms with Crippen molar-refractivity contribution in [3.8, 4) is 5.75 Å². The Morgan fingerprint density at radius 3 is 2.59 bits per heavy atom. The van der Waals surface area contributed by atoms with E-state index in [1.165, 1.54) is 0 Å². The van der Waals surface area contributed by atoms with Crippen LogP contribution in [-0.4, -0.2) is 25.5 Å². The highest BCUT2D eigenvalue weighted by Crippen LogP contribution is 2.22. The van der Waals surface area contributed by atoms with Crippen LogP contribution in [-0.2, 0) is 4.74 Å². The molecule has 1 rings (SSSR count). The molecule has 0 saturated carbocycles. The van der Waals surface area contributed by atoms with E-state index in [4.69, 9.17) is 4.74 Å². The first-order valence-electron chi connectivity index (χ1n) is 4.96. The fourth-order valence-corrected chi connectivity index (χ4v) is 1.41. The monoisotopic (exact) mass is 312 g/mol. The van der Waals surface area contributed by atoms with Crippen LogP contribution in [0.1, 0.15) is 6.92 Å². The average molecular weight is 313 g/mol. The van der Waals surface area contributed by atoms with Crippen molar-refractivity contribution in [3.05, 3.63) is 28.7 Å². The summed E-state index contributed by atoms with van der Waals surface area (Å²) in [7, 11) is 0. The first-order valence-corrected chi connectivity index (χ1v) is 5.75. The summed E-state index contributed by atoms with van der Waals surface area (Å²) in [6, 6.07) is 7.05. The molecule has 0 spiro atoms. The maximum atomic E-state index is 12.1. The van der Waals surface area contributed by atoms with Crippen molar-refractivity contribution in [1.82, 2.24) is 0 Å². The van der Waals surface area contributed by atoms with Crippen molar-refractivity contribution < 1.29 is 22.6 Å². The Morgan fingerprint density at radius 1 is 1.29 bits per heavy atom. The molecule has 0 radical (unpaired) electrons. The number of alkyl halides is 3. The summed E-state index contributed by atoms with van der Waals surface area (Å²) in [5.41, 5.74) is 0. The molecule has 1 unspecified atom stereocenters. The van der Waals surface area contributed by atoms with Gasteiger partial charge in [-0.15, -0.1) is 0 Å². The van der Waals surface area contributed by atoms with Crippen LogP contribution in [0.2, 0.25) is 0 Å². The summed E-state index contributed by atoms with van der Waals surface area (Å²) in [5, 5.41) is 0. The average Bonchev–Trinajstić information content (AvgIpc) is 2.23. The molecule has 6 heteroatoms. The van der Waals surface area contributed by atoms with E-state index in [0.717, 1.165) is 11.4 Å². The molecule has 0 aliphatic rings. The molecule has 0 fully saturated rings. The number of hydrogen-bond acceptors (Lipinski definition) is 2. The van der Waals surface area contributed by atoms with Crippen molar-refractivity contribution in [2.75, 3.05) is 13.2 Å². The van der Waals surface area contributed by atoms with Gasteiger partial charge in [0.1, 0.15) is 12.4 Å². The van der Waals surface area contributed by atoms with Crippen LogP contribution in [0.25, 0.3) is 0 Å². The molecule has 0 aliphatic carbocycles. The van der Waals surface area contributed by atoms with Crippen molar-refractivity contribution in [2.24, 2.45) is 0 Å². The lowest BCUT2D eigenvalue weighted by atomic mass is 10.3. The largest absolute Gasteiger partial charge is 0.491 e. The van der Waals surface area contributed by atoms with Crippen LogP contribution in [0, 0.1) is 0 Å². The van der Waals surface area contributed by atoms with Gasteiger partial charge in [0, 0.05) is 4.47 Å². The standard InChI is InChI=1S/C11H12BrF3O2/c1-8(11(13,14)15)16-5-6-17-10-4-2-3-9(12)7-10/h2-4,7-8H,5-6H2,1H3. The maximum Gasteiger partial charge on any atom is 0.414 e. The number of benzene rings is 1. The van der Waals surface area contributed by atoms with E-state index >= 15 is 0 Å². The summed E-state index contributed by atoms with van der Waals surface area (Å²) in [4.78, 5) is 0. The zero-order valence-corrected chi connectivity index (χ0v) is 10.7. The van der Waals surface area contributed by atoms with E-state index in [1.54, 1.807) is 18.2 Å². The number of hydrogen-bond donors (Lipinski definition) is 0. The quantitative estimate of drug-likeness (QED) is 0.770. The summed E-state index contributed by atoms with van der Waals surface area (Å²) in [6.07, 6.45) is -6.09. The minimum atomic E-state index is -4.32. The normalized spacial score (nSPS) is 13.5. The minimum absolute atomic E-state index is 0.0802. The molecular weight excluding hydrogens is 301 g/mol. The molecule has 0 saturated heterocycles. The van der Waals surface area contributed by atoms with Crippen molar-refractivity contribution >= 4 is 15.9 Å². The van der Waals surface area contributed by atoms with Gasteiger partial charge in [0.05, 0.1) is 6.61 Å². The van der Waals surface area contributed by atoms with Crippen LogP contribution >= 0.6 is 15.9 Å². The fraction of sp³-hybridized carbons (Fsp3) is 0.455. The van der Waals surface area contributed by atoms with E-state index < -0.39 is 12.3 Å². The molecule has 0 aliphatic heterocycles. The van der Waals surface area contributed by atoms with Gasteiger partial charge in [0.25, 0.3) is 0 Å². The predicted octanol–water partition coefficient (Wildman–Crippen LogP) is 3.80. The number of ether oxygens (including phenoxy) is 2. The molecule has 1 aromatic rings. The molecular formula is C11H12BrF3O2. The molecule has 2 nitrogen and oxygen atoms in total. The lowest BCUT2D eigenvalue weighted by molar-refractivity contribution is -0.215. The highest BCUT2D eigenvalue weighted by molar-refractivity contribution is 9.10. The maximum absolute atomic E-state index is 12.1. The summed E-state index contributed by atoms with van der Waals surface area (Å²) in [6.45, 7) is 0.948. The topological polar surface area (TPSA) is 18.5 Å². The molecule has 0 bridgehead atoms. The molecule has 96 valence electrons. The molecule has 17 heavy (non-hydrogen) atoms. The Labute approximate surface area is 106 Å². The number of halogens is 4. The van der Waals surface area contributed by atoms with E-state index in [1.807, 2.05) is 6.07 Å². The zero-order chi connectivity index (χ0) is 12.9. The predicted molar refractivity (Wildman–Crippen MR) is 61.1 cm³/mol. The SMILES string of the molecule is CC(OCCOc1cccc(Br)c1)C(F)(F)F. The first kappa shape index (κ1) is 14.3. The van der Waals surface area contributed by atoms with E-state index in [0.29, 0.717) is 5.75 Å². The smallest absolute Gasteiger partial charge is 0.414 e. The third kappa shape index (κ3) is 5.41. The van der Waals surface area contributed by atoms with Gasteiger partial charge in [-0.05, 0) is 25.1 Å². The Bertz CT molecular complexity index is 355. The Morgan fingerprint density at radius 2 is 2.00 bits per heavy atom. The lowest BCUT2D eigenvalue weighted by Crippen LogP contribution is -2.29. The molecule has 0 aromatic heterocycles. The second-order valence-corrected chi connectivity index (χ2v) is 4.28. The van der Waals surface area contributed by atoms with Crippen LogP contribution < -0.4 is 4.74 Å². The third-order valence-electron chi connectivity index (χ3n) is 1.98. The molecule has 0 amide bonds. The van der Waals surface area contributed by atoms with Crippen LogP contribution in [0.15, 0.2) is 28.7 Å². The summed E-state index contributed by atoms with van der Waals surface area (Å²) >= 11 is 3.26. The van der Waals surface area contributed by atoms with Gasteiger partial charge in [0.2, 0.25) is 0 Å². The Balaban J connectivity index is 2.25. The fourth-order valence-electron chi connectivity index (χ4n) is 1.04. The van der Waals surface area contributed by atoms with Crippen molar-refractivity contribution in [3.63, 3.8) is 0 Å². The van der Waals surface area contributed by atoms with Crippen molar-refractivity contribution in [1.29, 1.82) is 0 Å². The van der Waals surface area contributed by atoms with E-state index in [2.05, 4.69) is 20.7 Å². The number of rotatable bonds is 5. The second kappa shape index (κ2) is 6.26. The Hall–Kier alpha value is -0.750. The Kier molecular flexibility index (Phi) is 5.27. The van der Waals surface area contributed by atoms with Crippen molar-refractivity contribution in [2.45, 2.75) is 19.2 Å². The van der Waals surface area contributed by atoms with Gasteiger partial charge < -0.3 is 9.47 Å². The van der Waals surface area contributed by atoms with Crippen LogP contribution in [0.3, 0.4) is 0 Å². The van der Waals surface area contributed by atoms with Crippen LogP contribution in [0.5, 0.6) is 5.75 Å². The highest BCUT2D eigenvalue weighted by atomic mass is 79.9. The minimum Gasteiger partial charge on any atom is -0.491 e. The molecule has 0 heterocycles. The van der Waals surface area contributed by atoms with Gasteiger partial charge in [-0.1, -0.05) is 22.0 Å². The lowest BCUT2D eigenvalue weighted by Gasteiger charge is -2.16. The molecule has 0 N–H and O–H groups in total. The third-order valence-corrected chi connectivity index (χ3v) is 2.47. The van der Waals surface area contributed by atoms with Gasteiger partial charge in [-0.3, -0.25) is 0 Å². The van der Waals surface area contributed by atoms with Gasteiger partial charge >= 0.3 is 6.18 Å². The summed E-state index contributed by atoms with van der Waals surface area (Å²) < 4.78 is 46.9. The van der Waals surface area contributed by atoms with Gasteiger partial charge in [0.15, 0.2) is 6.10 Å². The summed E-state index contributed by atoms with van der Waals surface area (Å²) in [5.74, 6) is 0.586. The van der Waals surface area contributed by atoms with Gasteiger partial charge in [-0.25, -0.2) is 0 Å². The van der Waals surface area contributed by atoms with Crippen LogP contribution in [0.4, 0.5) is 13.2 Å². The second-order valence-electron chi connectivity index (χ2n) is 3.36. The first-order chi connectivity index (χ1) is 7.89. The van der Waals surface area contributed by atoms with Gasteiger partial charge in [-0.2, -0.15) is 13.2 Å².